The van der Waals surface area contributed by atoms with E-state index in [0.717, 1.165) is 6.54 Å². The van der Waals surface area contributed by atoms with Crippen molar-refractivity contribution >= 4 is 33.2 Å². The fraction of sp³-hybridized carbons (Fsp3) is 0.500. The quantitative estimate of drug-likeness (QED) is 0.741. The van der Waals surface area contributed by atoms with Gasteiger partial charge < -0.3 is 10.0 Å². The average molecular weight is 341 g/mol. The van der Waals surface area contributed by atoms with Crippen molar-refractivity contribution in [1.29, 1.82) is 0 Å². The van der Waals surface area contributed by atoms with E-state index >= 15 is 0 Å². The van der Waals surface area contributed by atoms with E-state index in [1.54, 1.807) is 0 Å². The second-order valence-corrected chi connectivity index (χ2v) is 7.14. The van der Waals surface area contributed by atoms with Gasteiger partial charge in [-0.05, 0) is 44.8 Å². The Morgan fingerprint density at radius 3 is 2.50 bits per heavy atom. The van der Waals surface area contributed by atoms with E-state index in [1.807, 2.05) is 19.0 Å². The monoisotopic (exact) mass is 340 g/mol. The highest BCUT2D eigenvalue weighted by Crippen LogP contribution is 2.29. The zero-order chi connectivity index (χ0) is 15.3. The van der Waals surface area contributed by atoms with Crippen molar-refractivity contribution in [2.24, 2.45) is 0 Å². The Hall–Kier alpha value is -0.370. The van der Waals surface area contributed by atoms with Gasteiger partial charge in [0, 0.05) is 11.6 Å². The molecule has 0 heterocycles. The lowest BCUT2D eigenvalue weighted by Gasteiger charge is -2.12. The third kappa shape index (κ3) is 4.87. The molecule has 0 radical (unpaired) electrons. The van der Waals surface area contributed by atoms with Gasteiger partial charge in [0.05, 0.1) is 11.6 Å². The number of hydrogen-bond acceptors (Lipinski definition) is 4. The zero-order valence-corrected chi connectivity index (χ0v) is 13.7. The van der Waals surface area contributed by atoms with Gasteiger partial charge in [-0.2, -0.15) is 0 Å². The van der Waals surface area contributed by atoms with Gasteiger partial charge >= 0.3 is 0 Å². The van der Waals surface area contributed by atoms with Crippen LogP contribution < -0.4 is 4.72 Å². The first kappa shape index (κ1) is 17.7. The minimum atomic E-state index is -3.74. The average Bonchev–Trinajstić information content (AvgIpc) is 2.36. The summed E-state index contributed by atoms with van der Waals surface area (Å²) in [6, 6.07) is 2.71. The van der Waals surface area contributed by atoms with Gasteiger partial charge in [0.25, 0.3) is 0 Å². The van der Waals surface area contributed by atoms with Crippen LogP contribution in [0.25, 0.3) is 0 Å². The Labute approximate surface area is 129 Å². The van der Waals surface area contributed by atoms with Crippen molar-refractivity contribution < 1.29 is 13.5 Å². The third-order valence-electron chi connectivity index (χ3n) is 2.61. The van der Waals surface area contributed by atoms with Gasteiger partial charge in [-0.15, -0.1) is 0 Å². The molecule has 0 spiro atoms. The van der Waals surface area contributed by atoms with Crippen LogP contribution in [0.5, 0.6) is 0 Å². The molecular weight excluding hydrogens is 323 g/mol. The molecule has 5 nitrogen and oxygen atoms in total. The maximum atomic E-state index is 12.2. The summed E-state index contributed by atoms with van der Waals surface area (Å²) in [4.78, 5) is 1.85. The Morgan fingerprint density at radius 1 is 1.30 bits per heavy atom. The summed E-state index contributed by atoms with van der Waals surface area (Å²) in [6.07, 6.45) is 0.678. The van der Waals surface area contributed by atoms with Crippen molar-refractivity contribution in [1.82, 2.24) is 9.62 Å². The second kappa shape index (κ2) is 7.59. The standard InChI is InChI=1S/C12H18Cl2N2O3S/c1-16(2)5-3-4-15-20(18,19)11-7-10(13)6-9(8-17)12(11)14/h6-7,15,17H,3-5,8H2,1-2H3. The molecule has 1 rings (SSSR count). The molecule has 2 N–H and O–H groups in total. The Kier molecular flexibility index (Phi) is 6.71. The Bertz CT molecular complexity index is 562. The van der Waals surface area contributed by atoms with Crippen LogP contribution in [0.15, 0.2) is 17.0 Å². The van der Waals surface area contributed by atoms with Gasteiger partial charge in [-0.1, -0.05) is 23.2 Å². The van der Waals surface area contributed by atoms with Crippen molar-refractivity contribution in [2.75, 3.05) is 27.2 Å². The lowest BCUT2D eigenvalue weighted by atomic mass is 10.2. The number of sulfonamides is 1. The van der Waals surface area contributed by atoms with E-state index in [9.17, 15) is 8.42 Å². The highest BCUT2D eigenvalue weighted by molar-refractivity contribution is 7.89. The predicted octanol–water partition coefficient (Wildman–Crippen LogP) is 1.72. The molecule has 114 valence electrons. The summed E-state index contributed by atoms with van der Waals surface area (Å²) in [7, 11) is 0.0851. The molecular formula is C12H18Cl2N2O3S. The Balaban J connectivity index is 2.90. The SMILES string of the molecule is CN(C)CCCNS(=O)(=O)c1cc(Cl)cc(CO)c1Cl. The normalized spacial score (nSPS) is 12.1. The first-order valence-electron chi connectivity index (χ1n) is 6.01. The highest BCUT2D eigenvalue weighted by atomic mass is 35.5. The van der Waals surface area contributed by atoms with Crippen LogP contribution >= 0.6 is 23.2 Å². The lowest BCUT2D eigenvalue weighted by Crippen LogP contribution is -2.27. The molecule has 1 aromatic carbocycles. The number of halogens is 2. The fourth-order valence-corrected chi connectivity index (χ4v) is 3.61. The summed E-state index contributed by atoms with van der Waals surface area (Å²) in [5, 5.41) is 9.36. The van der Waals surface area contributed by atoms with Crippen LogP contribution in [0, 0.1) is 0 Å². The molecule has 20 heavy (non-hydrogen) atoms. The first-order valence-corrected chi connectivity index (χ1v) is 8.25. The number of nitrogens with zero attached hydrogens (tertiary/aromatic N) is 1. The zero-order valence-electron chi connectivity index (χ0n) is 11.4. The van der Waals surface area contributed by atoms with Crippen molar-refractivity contribution in [2.45, 2.75) is 17.9 Å². The fourth-order valence-electron chi connectivity index (χ4n) is 1.61. The van der Waals surface area contributed by atoms with Gasteiger partial charge in [0.15, 0.2) is 0 Å². The topological polar surface area (TPSA) is 69.6 Å². The van der Waals surface area contributed by atoms with E-state index in [1.165, 1.54) is 12.1 Å². The Morgan fingerprint density at radius 2 is 1.95 bits per heavy atom. The molecule has 0 amide bonds. The van der Waals surface area contributed by atoms with E-state index in [0.29, 0.717) is 13.0 Å². The van der Waals surface area contributed by atoms with Gasteiger partial charge in [-0.25, -0.2) is 13.1 Å². The minimum Gasteiger partial charge on any atom is -0.392 e. The van der Waals surface area contributed by atoms with E-state index in [-0.39, 0.29) is 27.1 Å². The molecule has 0 saturated heterocycles. The smallest absolute Gasteiger partial charge is 0.242 e. The second-order valence-electron chi connectivity index (χ2n) is 4.59. The maximum absolute atomic E-state index is 12.2. The third-order valence-corrected chi connectivity index (χ3v) is 4.88. The maximum Gasteiger partial charge on any atom is 0.242 e. The molecule has 0 unspecified atom stereocenters. The predicted molar refractivity (Wildman–Crippen MR) is 80.7 cm³/mol. The van der Waals surface area contributed by atoms with E-state index in [2.05, 4.69) is 4.72 Å². The molecule has 1 aromatic rings. The van der Waals surface area contributed by atoms with Gasteiger partial charge in [0.2, 0.25) is 10.0 Å². The van der Waals surface area contributed by atoms with Crippen LogP contribution in [0.2, 0.25) is 10.0 Å². The van der Waals surface area contributed by atoms with E-state index < -0.39 is 10.0 Å². The number of aliphatic hydroxyl groups excluding tert-OH is 1. The van der Waals surface area contributed by atoms with Crippen molar-refractivity contribution in [3.8, 4) is 0 Å². The summed E-state index contributed by atoms with van der Waals surface area (Å²) < 4.78 is 26.8. The molecule has 0 aromatic heterocycles. The lowest BCUT2D eigenvalue weighted by molar-refractivity contribution is 0.281. The molecule has 0 aliphatic rings. The number of hydrogen-bond donors (Lipinski definition) is 2. The largest absolute Gasteiger partial charge is 0.392 e. The summed E-state index contributed by atoms with van der Waals surface area (Å²) in [6.45, 7) is 0.702. The number of rotatable bonds is 7. The summed E-state index contributed by atoms with van der Waals surface area (Å²) in [5.74, 6) is 0. The van der Waals surface area contributed by atoms with Gasteiger partial charge in [-0.3, -0.25) is 0 Å². The molecule has 0 aliphatic carbocycles. The highest BCUT2D eigenvalue weighted by Gasteiger charge is 2.20. The van der Waals surface area contributed by atoms with Crippen molar-refractivity contribution in [3.05, 3.63) is 27.7 Å². The van der Waals surface area contributed by atoms with Crippen LogP contribution in [-0.2, 0) is 16.6 Å². The number of aliphatic hydroxyl groups is 1. The van der Waals surface area contributed by atoms with Crippen molar-refractivity contribution in [3.63, 3.8) is 0 Å². The first-order chi connectivity index (χ1) is 9.27. The number of benzene rings is 1. The minimum absolute atomic E-state index is 0.00277. The molecule has 0 fully saturated rings. The van der Waals surface area contributed by atoms with Crippen LogP contribution in [0.1, 0.15) is 12.0 Å². The molecule has 0 bridgehead atoms. The summed E-state index contributed by atoms with van der Waals surface area (Å²) >= 11 is 11.8. The molecule has 0 saturated carbocycles. The molecule has 0 atom stereocenters. The number of nitrogens with one attached hydrogen (secondary N) is 1. The van der Waals surface area contributed by atoms with Crippen LogP contribution in [0.3, 0.4) is 0 Å². The molecule has 0 aliphatic heterocycles. The van der Waals surface area contributed by atoms with Crippen LogP contribution in [0.4, 0.5) is 0 Å². The van der Waals surface area contributed by atoms with E-state index in [4.69, 9.17) is 28.3 Å². The van der Waals surface area contributed by atoms with Gasteiger partial charge in [0.1, 0.15) is 4.90 Å². The molecule has 8 heteroatoms. The van der Waals surface area contributed by atoms with Crippen LogP contribution in [-0.4, -0.2) is 45.6 Å². The summed E-state index contributed by atoms with van der Waals surface area (Å²) in [5.41, 5.74) is 0.285.